The molecule has 0 aliphatic heterocycles. The summed E-state index contributed by atoms with van der Waals surface area (Å²) in [5.74, 6) is 0.864. The van der Waals surface area contributed by atoms with E-state index in [9.17, 15) is 9.59 Å². The van der Waals surface area contributed by atoms with E-state index >= 15 is 0 Å². The van der Waals surface area contributed by atoms with E-state index in [0.717, 1.165) is 32.1 Å². The van der Waals surface area contributed by atoms with Gasteiger partial charge in [0.25, 0.3) is 0 Å². The number of amides is 2. The van der Waals surface area contributed by atoms with E-state index in [2.05, 4.69) is 10.6 Å². The Hall–Kier alpha value is -1.26. The van der Waals surface area contributed by atoms with Crippen molar-refractivity contribution in [3.63, 3.8) is 0 Å². The molecule has 0 aromatic heterocycles. The number of hydrogen-bond acceptors (Lipinski definition) is 2. The number of rotatable bonds is 4. The summed E-state index contributed by atoms with van der Waals surface area (Å²) < 4.78 is 0. The highest BCUT2D eigenvalue weighted by atomic mass is 35.5. The lowest BCUT2D eigenvalue weighted by molar-refractivity contribution is -0.145. The molecule has 1 aromatic rings. The van der Waals surface area contributed by atoms with Crippen LogP contribution in [0.3, 0.4) is 0 Å². The van der Waals surface area contributed by atoms with Crippen LogP contribution in [0, 0.1) is 17.3 Å². The number of anilines is 1. The first kappa shape index (κ1) is 17.2. The van der Waals surface area contributed by atoms with Gasteiger partial charge < -0.3 is 10.6 Å². The minimum absolute atomic E-state index is 0.00660. The molecule has 0 heterocycles. The molecule has 4 nitrogen and oxygen atoms in total. The average Bonchev–Trinajstić information content (AvgIpc) is 2.50. The first-order valence-electron chi connectivity index (χ1n) is 8.89. The summed E-state index contributed by atoms with van der Waals surface area (Å²) in [6.07, 6.45) is 5.86. The van der Waals surface area contributed by atoms with Crippen LogP contribution in [0.2, 0.25) is 5.02 Å². The molecule has 2 amide bonds. The van der Waals surface area contributed by atoms with Crippen LogP contribution in [0.1, 0.15) is 38.5 Å². The van der Waals surface area contributed by atoms with Gasteiger partial charge in [-0.1, -0.05) is 17.7 Å². The van der Waals surface area contributed by atoms with Crippen LogP contribution in [-0.4, -0.2) is 23.2 Å². The smallest absolute Gasteiger partial charge is 0.243 e. The normalized spacial score (nSPS) is 35.4. The predicted molar refractivity (Wildman–Crippen MR) is 98.8 cm³/mol. The molecule has 4 aliphatic carbocycles. The quantitative estimate of drug-likeness (QED) is 0.776. The van der Waals surface area contributed by atoms with Gasteiger partial charge in [0.15, 0.2) is 0 Å². The molecule has 4 bridgehead atoms. The Morgan fingerprint density at radius 1 is 1.16 bits per heavy atom. The van der Waals surface area contributed by atoms with Crippen LogP contribution in [0.4, 0.5) is 5.69 Å². The molecule has 0 saturated heterocycles. The minimum atomic E-state index is -0.373. The van der Waals surface area contributed by atoms with Crippen LogP contribution in [0.25, 0.3) is 0 Å². The molecule has 5 rings (SSSR count). The van der Waals surface area contributed by atoms with E-state index in [0.29, 0.717) is 22.5 Å². The summed E-state index contributed by atoms with van der Waals surface area (Å²) in [5, 5.41) is 6.16. The lowest BCUT2D eigenvalue weighted by Gasteiger charge is -2.59. The summed E-state index contributed by atoms with van der Waals surface area (Å²) in [4.78, 5) is 24.8. The van der Waals surface area contributed by atoms with E-state index in [4.69, 9.17) is 23.2 Å². The second kappa shape index (κ2) is 6.17. The van der Waals surface area contributed by atoms with Gasteiger partial charge in [-0.05, 0) is 68.6 Å². The summed E-state index contributed by atoms with van der Waals surface area (Å²) in [7, 11) is 0. The van der Waals surface area contributed by atoms with Gasteiger partial charge >= 0.3 is 0 Å². The SMILES string of the molecule is O=C(CNC(=O)C12C[C@@H]3C[C@@H](CC(Cl)(C3)C1)C2)Nc1cccc(Cl)c1. The lowest BCUT2D eigenvalue weighted by atomic mass is 9.49. The molecule has 4 aliphatic rings. The van der Waals surface area contributed by atoms with Gasteiger partial charge in [-0.3, -0.25) is 9.59 Å². The Morgan fingerprint density at radius 3 is 2.52 bits per heavy atom. The van der Waals surface area contributed by atoms with E-state index < -0.39 is 0 Å². The van der Waals surface area contributed by atoms with Crippen molar-refractivity contribution in [1.82, 2.24) is 5.32 Å². The molecule has 2 unspecified atom stereocenters. The van der Waals surface area contributed by atoms with E-state index in [1.807, 2.05) is 0 Å². The van der Waals surface area contributed by atoms with Gasteiger partial charge in [0.2, 0.25) is 11.8 Å². The highest BCUT2D eigenvalue weighted by Crippen LogP contribution is 2.63. The fraction of sp³-hybridized carbons (Fsp3) is 0.579. The zero-order valence-electron chi connectivity index (χ0n) is 14.0. The number of carbonyl (C=O) groups excluding carboxylic acids is 2. The fourth-order valence-corrected chi connectivity index (χ4v) is 6.42. The predicted octanol–water partition coefficient (Wildman–Crippen LogP) is 3.97. The van der Waals surface area contributed by atoms with Gasteiger partial charge in [-0.15, -0.1) is 11.6 Å². The Labute approximate surface area is 157 Å². The van der Waals surface area contributed by atoms with Crippen molar-refractivity contribution in [2.75, 3.05) is 11.9 Å². The molecular weight excluding hydrogens is 359 g/mol. The molecule has 6 heteroatoms. The summed E-state index contributed by atoms with van der Waals surface area (Å²) in [6, 6.07) is 6.96. The van der Waals surface area contributed by atoms with E-state index in [1.165, 1.54) is 6.42 Å². The van der Waals surface area contributed by atoms with Crippen molar-refractivity contribution >= 4 is 40.7 Å². The highest BCUT2D eigenvalue weighted by molar-refractivity contribution is 6.30. The Balaban J connectivity index is 1.37. The van der Waals surface area contributed by atoms with Gasteiger partial charge in [0.05, 0.1) is 12.0 Å². The Bertz CT molecular complexity index is 707. The largest absolute Gasteiger partial charge is 0.347 e. The van der Waals surface area contributed by atoms with Crippen molar-refractivity contribution in [3.05, 3.63) is 29.3 Å². The first-order valence-corrected chi connectivity index (χ1v) is 9.64. The maximum Gasteiger partial charge on any atom is 0.243 e. The summed E-state index contributed by atoms with van der Waals surface area (Å²) in [6.45, 7) is -0.0300. The molecule has 2 N–H and O–H groups in total. The second-order valence-corrected chi connectivity index (χ2v) is 9.37. The molecule has 4 fully saturated rings. The molecule has 25 heavy (non-hydrogen) atoms. The summed E-state index contributed by atoms with van der Waals surface area (Å²) >= 11 is 12.7. The third-order valence-corrected chi connectivity index (χ3v) is 6.67. The van der Waals surface area contributed by atoms with Gasteiger partial charge in [0.1, 0.15) is 0 Å². The first-order chi connectivity index (χ1) is 11.9. The van der Waals surface area contributed by atoms with Crippen molar-refractivity contribution < 1.29 is 9.59 Å². The van der Waals surface area contributed by atoms with Crippen LogP contribution >= 0.6 is 23.2 Å². The van der Waals surface area contributed by atoms with Crippen molar-refractivity contribution in [3.8, 4) is 0 Å². The standard InChI is InChI=1S/C19H22Cl2N2O2/c20-14-2-1-3-15(5-14)23-16(24)10-22-17(25)18-6-12-4-13(7-18)9-19(21,8-12)11-18/h1-3,5,12-13H,4,6-11H2,(H,22,25)(H,23,24)/t12-,13+,18?,19?. The fourth-order valence-electron chi connectivity index (χ4n) is 5.54. The maximum absolute atomic E-state index is 12.9. The molecule has 1 aromatic carbocycles. The molecule has 134 valence electrons. The monoisotopic (exact) mass is 380 g/mol. The third kappa shape index (κ3) is 3.39. The topological polar surface area (TPSA) is 58.2 Å². The Morgan fingerprint density at radius 2 is 1.88 bits per heavy atom. The van der Waals surface area contributed by atoms with E-state index in [1.54, 1.807) is 24.3 Å². The Kier molecular flexibility index (Phi) is 4.24. The average molecular weight is 381 g/mol. The number of hydrogen-bond donors (Lipinski definition) is 2. The number of halogens is 2. The summed E-state index contributed by atoms with van der Waals surface area (Å²) in [5.41, 5.74) is 0.253. The van der Waals surface area contributed by atoms with Crippen molar-refractivity contribution in [2.45, 2.75) is 43.4 Å². The second-order valence-electron chi connectivity index (χ2n) is 8.13. The molecule has 4 atom stereocenters. The molecule has 0 spiro atoms. The number of carbonyl (C=O) groups is 2. The van der Waals surface area contributed by atoms with E-state index in [-0.39, 0.29) is 28.6 Å². The maximum atomic E-state index is 12.9. The van der Waals surface area contributed by atoms with Crippen LogP contribution in [0.15, 0.2) is 24.3 Å². The van der Waals surface area contributed by atoms with Crippen molar-refractivity contribution in [1.29, 1.82) is 0 Å². The zero-order chi connectivity index (χ0) is 17.7. The van der Waals surface area contributed by atoms with Crippen molar-refractivity contribution in [2.24, 2.45) is 17.3 Å². The third-order valence-electron chi connectivity index (χ3n) is 5.99. The highest BCUT2D eigenvalue weighted by Gasteiger charge is 2.59. The zero-order valence-corrected chi connectivity index (χ0v) is 15.5. The van der Waals surface area contributed by atoms with Crippen LogP contribution in [-0.2, 0) is 9.59 Å². The van der Waals surface area contributed by atoms with Gasteiger partial charge in [0, 0.05) is 15.6 Å². The molecule has 4 saturated carbocycles. The van der Waals surface area contributed by atoms with Crippen LogP contribution in [0.5, 0.6) is 0 Å². The number of benzene rings is 1. The number of nitrogens with one attached hydrogen (secondary N) is 2. The minimum Gasteiger partial charge on any atom is -0.347 e. The van der Waals surface area contributed by atoms with Gasteiger partial charge in [-0.2, -0.15) is 0 Å². The van der Waals surface area contributed by atoms with Crippen LogP contribution < -0.4 is 10.6 Å². The molecule has 0 radical (unpaired) electrons. The number of alkyl halides is 1. The van der Waals surface area contributed by atoms with Gasteiger partial charge in [-0.25, -0.2) is 0 Å². The molecular formula is C19H22Cl2N2O2. The lowest BCUT2D eigenvalue weighted by Crippen LogP contribution is -2.58.